The Balaban J connectivity index is 1.58. The highest BCUT2D eigenvalue weighted by Crippen LogP contribution is 2.17. The minimum Gasteiger partial charge on any atom is -0.494 e. The smallest absolute Gasteiger partial charge is 0.220 e. The molecule has 0 aliphatic heterocycles. The number of carbonyl (C=O) groups excluding carboxylic acids is 1. The first-order chi connectivity index (χ1) is 9.84. The molecule has 1 N–H and O–H groups in total. The maximum absolute atomic E-state index is 11.9. The Hall–Kier alpha value is -1.51. The van der Waals surface area contributed by atoms with Gasteiger partial charge in [0.1, 0.15) is 5.75 Å². The molecule has 1 amide bonds. The molecule has 1 aromatic rings. The van der Waals surface area contributed by atoms with Gasteiger partial charge in [-0.15, -0.1) is 0 Å². The highest BCUT2D eigenvalue weighted by molar-refractivity contribution is 5.76. The highest BCUT2D eigenvalue weighted by atomic mass is 16.5. The van der Waals surface area contributed by atoms with Crippen LogP contribution < -0.4 is 10.1 Å². The lowest BCUT2D eigenvalue weighted by atomic mass is 10.1. The fraction of sp³-hybridized carbons (Fsp3) is 0.588. The minimum atomic E-state index is 0.175. The summed E-state index contributed by atoms with van der Waals surface area (Å²) in [6, 6.07) is 10.1. The lowest BCUT2D eigenvalue weighted by Gasteiger charge is -2.16. The van der Waals surface area contributed by atoms with Gasteiger partial charge in [0.15, 0.2) is 0 Å². The van der Waals surface area contributed by atoms with Crippen LogP contribution in [0, 0.1) is 0 Å². The van der Waals surface area contributed by atoms with E-state index >= 15 is 0 Å². The first-order valence-electron chi connectivity index (χ1n) is 7.82. The molecule has 0 saturated heterocycles. The van der Waals surface area contributed by atoms with Crippen molar-refractivity contribution in [1.82, 2.24) is 5.32 Å². The molecule has 0 bridgehead atoms. The molecular weight excluding hydrogens is 250 g/mol. The molecule has 0 aromatic heterocycles. The molecule has 0 heterocycles. The van der Waals surface area contributed by atoms with Gasteiger partial charge in [-0.3, -0.25) is 4.79 Å². The van der Waals surface area contributed by atoms with Gasteiger partial charge < -0.3 is 10.1 Å². The Bertz CT molecular complexity index is 383. The number of amides is 1. The number of carbonyl (C=O) groups is 1. The van der Waals surface area contributed by atoms with E-state index in [4.69, 9.17) is 4.74 Å². The maximum atomic E-state index is 11.9. The van der Waals surface area contributed by atoms with Gasteiger partial charge >= 0.3 is 0 Å². The van der Waals surface area contributed by atoms with E-state index in [2.05, 4.69) is 5.32 Å². The fourth-order valence-electron chi connectivity index (χ4n) is 2.66. The molecule has 1 aliphatic rings. The standard InChI is InChI=1S/C17H25NO2/c19-17(18-15-9-4-1-2-5-10-15)13-8-14-20-16-11-6-3-7-12-16/h3,6-7,11-12,15H,1-2,4-5,8-10,13-14H2,(H,18,19). The Morgan fingerprint density at radius 3 is 2.50 bits per heavy atom. The number of para-hydroxylation sites is 1. The van der Waals surface area contributed by atoms with Crippen molar-refractivity contribution < 1.29 is 9.53 Å². The second kappa shape index (κ2) is 8.62. The van der Waals surface area contributed by atoms with Crippen molar-refractivity contribution in [2.45, 2.75) is 57.4 Å². The summed E-state index contributed by atoms with van der Waals surface area (Å²) in [5.41, 5.74) is 0. The van der Waals surface area contributed by atoms with Gasteiger partial charge in [0.2, 0.25) is 5.91 Å². The average Bonchev–Trinajstić information content (AvgIpc) is 2.73. The summed E-state index contributed by atoms with van der Waals surface area (Å²) < 4.78 is 5.59. The van der Waals surface area contributed by atoms with Crippen LogP contribution in [0.4, 0.5) is 0 Å². The first-order valence-corrected chi connectivity index (χ1v) is 7.82. The largest absolute Gasteiger partial charge is 0.494 e. The molecule has 1 aliphatic carbocycles. The molecule has 1 saturated carbocycles. The molecule has 0 radical (unpaired) electrons. The van der Waals surface area contributed by atoms with E-state index in [0.29, 0.717) is 19.1 Å². The van der Waals surface area contributed by atoms with E-state index in [9.17, 15) is 4.79 Å². The van der Waals surface area contributed by atoms with Gasteiger partial charge in [-0.2, -0.15) is 0 Å². The van der Waals surface area contributed by atoms with Crippen LogP contribution in [-0.2, 0) is 4.79 Å². The summed E-state index contributed by atoms with van der Waals surface area (Å²) in [6.45, 7) is 0.599. The second-order valence-electron chi connectivity index (χ2n) is 5.52. The van der Waals surface area contributed by atoms with Gasteiger partial charge in [-0.05, 0) is 31.4 Å². The fourth-order valence-corrected chi connectivity index (χ4v) is 2.66. The molecule has 0 spiro atoms. The monoisotopic (exact) mass is 275 g/mol. The summed E-state index contributed by atoms with van der Waals surface area (Å²) in [6.07, 6.45) is 8.76. The third-order valence-corrected chi connectivity index (χ3v) is 3.78. The molecule has 20 heavy (non-hydrogen) atoms. The van der Waals surface area contributed by atoms with Gasteiger partial charge in [0, 0.05) is 12.5 Å². The first kappa shape index (κ1) is 14.9. The predicted octanol–water partition coefficient (Wildman–Crippen LogP) is 3.68. The van der Waals surface area contributed by atoms with Crippen molar-refractivity contribution in [2.75, 3.05) is 6.61 Å². The van der Waals surface area contributed by atoms with Crippen LogP contribution in [0.15, 0.2) is 30.3 Å². The number of benzene rings is 1. The molecule has 3 nitrogen and oxygen atoms in total. The zero-order chi connectivity index (χ0) is 14.0. The number of ether oxygens (including phenoxy) is 1. The third kappa shape index (κ3) is 5.64. The zero-order valence-corrected chi connectivity index (χ0v) is 12.1. The third-order valence-electron chi connectivity index (χ3n) is 3.78. The van der Waals surface area contributed by atoms with Gasteiger partial charge in [0.25, 0.3) is 0 Å². The quantitative estimate of drug-likeness (QED) is 0.635. The normalized spacial score (nSPS) is 16.4. The average molecular weight is 275 g/mol. The summed E-state index contributed by atoms with van der Waals surface area (Å²) >= 11 is 0. The summed E-state index contributed by atoms with van der Waals surface area (Å²) in [4.78, 5) is 11.9. The van der Waals surface area contributed by atoms with Crippen LogP contribution in [0.25, 0.3) is 0 Å². The van der Waals surface area contributed by atoms with Crippen LogP contribution in [0.3, 0.4) is 0 Å². The Morgan fingerprint density at radius 1 is 1.10 bits per heavy atom. The summed E-state index contributed by atoms with van der Waals surface area (Å²) in [7, 11) is 0. The number of hydrogen-bond acceptors (Lipinski definition) is 2. The van der Waals surface area contributed by atoms with Crippen LogP contribution >= 0.6 is 0 Å². The van der Waals surface area contributed by atoms with Crippen LogP contribution in [0.2, 0.25) is 0 Å². The number of hydrogen-bond donors (Lipinski definition) is 1. The van der Waals surface area contributed by atoms with Crippen molar-refractivity contribution in [3.63, 3.8) is 0 Å². The zero-order valence-electron chi connectivity index (χ0n) is 12.1. The Kier molecular flexibility index (Phi) is 6.42. The van der Waals surface area contributed by atoms with Gasteiger partial charge in [-0.25, -0.2) is 0 Å². The van der Waals surface area contributed by atoms with Gasteiger partial charge in [0.05, 0.1) is 6.61 Å². The van der Waals surface area contributed by atoms with Crippen LogP contribution in [0.5, 0.6) is 5.75 Å². The molecule has 1 fully saturated rings. The lowest BCUT2D eigenvalue weighted by Crippen LogP contribution is -2.34. The van der Waals surface area contributed by atoms with E-state index < -0.39 is 0 Å². The summed E-state index contributed by atoms with van der Waals surface area (Å²) in [5, 5.41) is 3.16. The second-order valence-corrected chi connectivity index (χ2v) is 5.52. The molecule has 0 atom stereocenters. The highest BCUT2D eigenvalue weighted by Gasteiger charge is 2.14. The van der Waals surface area contributed by atoms with E-state index in [-0.39, 0.29) is 5.91 Å². The Labute approximate surface area is 121 Å². The van der Waals surface area contributed by atoms with Crippen molar-refractivity contribution in [2.24, 2.45) is 0 Å². The molecule has 0 unspecified atom stereocenters. The van der Waals surface area contributed by atoms with Crippen molar-refractivity contribution in [1.29, 1.82) is 0 Å². The topological polar surface area (TPSA) is 38.3 Å². The van der Waals surface area contributed by atoms with Gasteiger partial charge in [-0.1, -0.05) is 43.9 Å². The van der Waals surface area contributed by atoms with E-state index in [1.165, 1.54) is 25.7 Å². The van der Waals surface area contributed by atoms with E-state index in [1.54, 1.807) is 0 Å². The van der Waals surface area contributed by atoms with Crippen molar-refractivity contribution >= 4 is 5.91 Å². The molecule has 2 rings (SSSR count). The number of rotatable bonds is 6. The summed E-state index contributed by atoms with van der Waals surface area (Å²) in [5.74, 6) is 1.05. The predicted molar refractivity (Wildman–Crippen MR) is 80.8 cm³/mol. The molecule has 3 heteroatoms. The van der Waals surface area contributed by atoms with Crippen LogP contribution in [-0.4, -0.2) is 18.6 Å². The number of nitrogens with one attached hydrogen (secondary N) is 1. The van der Waals surface area contributed by atoms with Crippen molar-refractivity contribution in [3.05, 3.63) is 30.3 Å². The molecule has 1 aromatic carbocycles. The SMILES string of the molecule is O=C(CCCOc1ccccc1)NC1CCCCCC1. The maximum Gasteiger partial charge on any atom is 0.220 e. The van der Waals surface area contributed by atoms with E-state index in [1.807, 2.05) is 30.3 Å². The van der Waals surface area contributed by atoms with Crippen LogP contribution in [0.1, 0.15) is 51.4 Å². The van der Waals surface area contributed by atoms with Crippen molar-refractivity contribution in [3.8, 4) is 5.75 Å². The molecule has 110 valence electrons. The minimum absolute atomic E-state index is 0.175. The molecular formula is C17H25NO2. The lowest BCUT2D eigenvalue weighted by molar-refractivity contribution is -0.122. The van der Waals surface area contributed by atoms with E-state index in [0.717, 1.165) is 25.0 Å². The Morgan fingerprint density at radius 2 is 1.80 bits per heavy atom.